The molecule has 0 saturated carbocycles. The Morgan fingerprint density at radius 2 is 1.75 bits per heavy atom. The summed E-state index contributed by atoms with van der Waals surface area (Å²) < 4.78 is 5.55. The normalized spacial score (nSPS) is 11.6. The lowest BCUT2D eigenvalue weighted by atomic mass is 10.1. The second-order valence-corrected chi connectivity index (χ2v) is 6.98. The lowest BCUT2D eigenvalue weighted by Gasteiger charge is -2.15. The van der Waals surface area contributed by atoms with Gasteiger partial charge in [-0.3, -0.25) is 9.59 Å². The third-order valence-corrected chi connectivity index (χ3v) is 4.49. The van der Waals surface area contributed by atoms with Crippen LogP contribution in [0, 0.1) is 0 Å². The van der Waals surface area contributed by atoms with Crippen molar-refractivity contribution in [2.45, 2.75) is 26.0 Å². The van der Waals surface area contributed by atoms with Gasteiger partial charge < -0.3 is 21.1 Å². The Hall–Kier alpha value is -2.28. The largest absolute Gasteiger partial charge is 0.479 e. The van der Waals surface area contributed by atoms with Gasteiger partial charge in [0.2, 0.25) is 0 Å². The Balaban J connectivity index is 1.67. The molecule has 0 saturated heterocycles. The highest BCUT2D eigenvalue weighted by molar-refractivity contribution is 6.35. The van der Waals surface area contributed by atoms with Gasteiger partial charge in [0.25, 0.3) is 11.8 Å². The number of ether oxygens (including phenoxy) is 1. The van der Waals surface area contributed by atoms with Crippen molar-refractivity contribution >= 4 is 35.0 Å². The standard InChI is InChI=1S/C20H23Cl2N3O3/c1-13(28-18-8-7-16(21)11-17(18)22)19(26)24-9-2-10-25-20(27)15-5-3-14(12-23)4-6-15/h3-8,11,13H,2,9-10,12,23H2,1H3,(H,24,26)(H,25,27). The molecule has 2 aromatic carbocycles. The number of carbonyl (C=O) groups excluding carboxylic acids is 2. The van der Waals surface area contributed by atoms with E-state index in [0.717, 1.165) is 5.56 Å². The summed E-state index contributed by atoms with van der Waals surface area (Å²) >= 11 is 11.9. The zero-order valence-electron chi connectivity index (χ0n) is 15.5. The maximum atomic E-state index is 12.1. The molecule has 2 amide bonds. The van der Waals surface area contributed by atoms with Crippen molar-refractivity contribution in [2.24, 2.45) is 5.73 Å². The molecular weight excluding hydrogens is 401 g/mol. The van der Waals surface area contributed by atoms with Gasteiger partial charge in [0.1, 0.15) is 5.75 Å². The number of hydrogen-bond donors (Lipinski definition) is 3. The highest BCUT2D eigenvalue weighted by atomic mass is 35.5. The zero-order valence-corrected chi connectivity index (χ0v) is 17.0. The van der Waals surface area contributed by atoms with Crippen molar-refractivity contribution in [3.05, 3.63) is 63.6 Å². The van der Waals surface area contributed by atoms with E-state index in [1.54, 1.807) is 37.3 Å². The molecule has 6 nitrogen and oxygen atoms in total. The van der Waals surface area contributed by atoms with Crippen LogP contribution in [0.4, 0.5) is 0 Å². The predicted molar refractivity (Wildman–Crippen MR) is 111 cm³/mol. The van der Waals surface area contributed by atoms with E-state index < -0.39 is 6.10 Å². The van der Waals surface area contributed by atoms with Gasteiger partial charge in [-0.2, -0.15) is 0 Å². The topological polar surface area (TPSA) is 93.5 Å². The first-order valence-corrected chi connectivity index (χ1v) is 9.63. The minimum Gasteiger partial charge on any atom is -0.479 e. The van der Waals surface area contributed by atoms with Gasteiger partial charge in [-0.05, 0) is 49.2 Å². The van der Waals surface area contributed by atoms with E-state index in [1.807, 2.05) is 12.1 Å². The van der Waals surface area contributed by atoms with Crippen LogP contribution in [0.25, 0.3) is 0 Å². The fourth-order valence-corrected chi connectivity index (χ4v) is 2.81. The number of carbonyl (C=O) groups is 2. The maximum Gasteiger partial charge on any atom is 0.260 e. The molecule has 1 atom stereocenters. The van der Waals surface area contributed by atoms with Gasteiger partial charge >= 0.3 is 0 Å². The second-order valence-electron chi connectivity index (χ2n) is 6.14. The number of halogens is 2. The number of rotatable bonds is 9. The van der Waals surface area contributed by atoms with Crippen LogP contribution in [0.5, 0.6) is 5.75 Å². The smallest absolute Gasteiger partial charge is 0.260 e. The molecule has 0 aliphatic carbocycles. The maximum absolute atomic E-state index is 12.1. The first-order valence-electron chi connectivity index (χ1n) is 8.87. The lowest BCUT2D eigenvalue weighted by molar-refractivity contribution is -0.127. The fraction of sp³-hybridized carbons (Fsp3) is 0.300. The molecule has 2 aromatic rings. The average Bonchev–Trinajstić information content (AvgIpc) is 2.69. The fourth-order valence-electron chi connectivity index (χ4n) is 2.35. The summed E-state index contributed by atoms with van der Waals surface area (Å²) in [7, 11) is 0. The summed E-state index contributed by atoms with van der Waals surface area (Å²) in [5, 5.41) is 6.41. The summed E-state index contributed by atoms with van der Waals surface area (Å²) in [5.41, 5.74) is 7.08. The van der Waals surface area contributed by atoms with Crippen molar-refractivity contribution in [1.29, 1.82) is 0 Å². The average molecular weight is 424 g/mol. The van der Waals surface area contributed by atoms with Gasteiger partial charge in [-0.15, -0.1) is 0 Å². The SMILES string of the molecule is CC(Oc1ccc(Cl)cc1Cl)C(=O)NCCCNC(=O)c1ccc(CN)cc1. The zero-order chi connectivity index (χ0) is 20.5. The molecule has 0 aromatic heterocycles. The van der Waals surface area contributed by atoms with E-state index >= 15 is 0 Å². The quantitative estimate of drug-likeness (QED) is 0.539. The number of nitrogens with two attached hydrogens (primary N) is 1. The third-order valence-electron chi connectivity index (χ3n) is 3.96. The summed E-state index contributed by atoms with van der Waals surface area (Å²) in [6, 6.07) is 11.9. The van der Waals surface area contributed by atoms with Gasteiger partial charge in [0, 0.05) is 30.2 Å². The molecule has 0 aliphatic heterocycles. The number of amides is 2. The van der Waals surface area contributed by atoms with Crippen LogP contribution in [0.2, 0.25) is 10.0 Å². The summed E-state index contributed by atoms with van der Waals surface area (Å²) in [4.78, 5) is 24.1. The van der Waals surface area contributed by atoms with E-state index in [0.29, 0.717) is 47.4 Å². The Labute approximate surface area is 174 Å². The Morgan fingerprint density at radius 1 is 1.07 bits per heavy atom. The minimum atomic E-state index is -0.714. The molecule has 0 spiro atoms. The van der Waals surface area contributed by atoms with Crippen molar-refractivity contribution in [3.63, 3.8) is 0 Å². The highest BCUT2D eigenvalue weighted by Gasteiger charge is 2.15. The Bertz CT molecular complexity index is 813. The molecule has 8 heteroatoms. The summed E-state index contributed by atoms with van der Waals surface area (Å²) in [5.74, 6) is -0.0414. The summed E-state index contributed by atoms with van der Waals surface area (Å²) in [6.45, 7) is 2.92. The molecular formula is C20H23Cl2N3O3. The number of hydrogen-bond acceptors (Lipinski definition) is 4. The first-order chi connectivity index (χ1) is 13.4. The van der Waals surface area contributed by atoms with Gasteiger partial charge in [-0.25, -0.2) is 0 Å². The van der Waals surface area contributed by atoms with Crippen molar-refractivity contribution in [2.75, 3.05) is 13.1 Å². The summed E-state index contributed by atoms with van der Waals surface area (Å²) in [6.07, 6.45) is -0.124. The van der Waals surface area contributed by atoms with Crippen LogP contribution in [-0.4, -0.2) is 31.0 Å². The van der Waals surface area contributed by atoms with E-state index in [9.17, 15) is 9.59 Å². The second kappa shape index (κ2) is 10.9. The first kappa shape index (κ1) is 22.0. The molecule has 0 fully saturated rings. The van der Waals surface area contributed by atoms with Crippen molar-refractivity contribution in [3.8, 4) is 5.75 Å². The van der Waals surface area contributed by atoms with Crippen LogP contribution in [0.3, 0.4) is 0 Å². The van der Waals surface area contributed by atoms with E-state index in [4.69, 9.17) is 33.7 Å². The minimum absolute atomic E-state index is 0.163. The monoisotopic (exact) mass is 423 g/mol. The van der Waals surface area contributed by atoms with Crippen molar-refractivity contribution in [1.82, 2.24) is 10.6 Å². The van der Waals surface area contributed by atoms with E-state index in [2.05, 4.69) is 10.6 Å². The van der Waals surface area contributed by atoms with Crippen LogP contribution in [0.1, 0.15) is 29.3 Å². The molecule has 4 N–H and O–H groups in total. The molecule has 0 bridgehead atoms. The van der Waals surface area contributed by atoms with Crippen LogP contribution >= 0.6 is 23.2 Å². The van der Waals surface area contributed by atoms with Crippen molar-refractivity contribution < 1.29 is 14.3 Å². The molecule has 1 unspecified atom stereocenters. The van der Waals surface area contributed by atoms with Gasteiger partial charge in [0.05, 0.1) is 5.02 Å². The molecule has 2 rings (SSSR count). The van der Waals surface area contributed by atoms with Crippen LogP contribution in [0.15, 0.2) is 42.5 Å². The van der Waals surface area contributed by atoms with E-state index in [-0.39, 0.29) is 11.8 Å². The Kier molecular flexibility index (Phi) is 8.57. The van der Waals surface area contributed by atoms with E-state index in [1.165, 1.54) is 0 Å². The van der Waals surface area contributed by atoms with Crippen LogP contribution in [-0.2, 0) is 11.3 Å². The van der Waals surface area contributed by atoms with Crippen LogP contribution < -0.4 is 21.1 Å². The highest BCUT2D eigenvalue weighted by Crippen LogP contribution is 2.28. The number of benzene rings is 2. The molecule has 28 heavy (non-hydrogen) atoms. The number of nitrogens with one attached hydrogen (secondary N) is 2. The molecule has 0 radical (unpaired) electrons. The third kappa shape index (κ3) is 6.71. The van der Waals surface area contributed by atoms with Gasteiger partial charge in [-0.1, -0.05) is 35.3 Å². The lowest BCUT2D eigenvalue weighted by Crippen LogP contribution is -2.38. The predicted octanol–water partition coefficient (Wildman–Crippen LogP) is 3.16. The van der Waals surface area contributed by atoms with Gasteiger partial charge in [0.15, 0.2) is 6.10 Å². The Morgan fingerprint density at radius 3 is 2.39 bits per heavy atom. The molecule has 0 aliphatic rings. The molecule has 150 valence electrons. The molecule has 0 heterocycles.